The normalized spacial score (nSPS) is 10.8. The van der Waals surface area contributed by atoms with Crippen LogP contribution in [0.5, 0.6) is 5.75 Å². The van der Waals surface area contributed by atoms with Gasteiger partial charge in [-0.3, -0.25) is 9.78 Å². The van der Waals surface area contributed by atoms with Crippen LogP contribution in [-0.4, -0.2) is 16.0 Å². The van der Waals surface area contributed by atoms with E-state index in [4.69, 9.17) is 0 Å². The quantitative estimate of drug-likeness (QED) is 0.578. The van der Waals surface area contributed by atoms with Gasteiger partial charge in [-0.25, -0.2) is 0 Å². The molecule has 4 aromatic rings. The zero-order valence-corrected chi connectivity index (χ0v) is 12.7. The number of hydrogen-bond acceptors (Lipinski definition) is 3. The number of pyridine rings is 1. The number of carbonyl (C=O) groups is 1. The van der Waals surface area contributed by atoms with Crippen LogP contribution < -0.4 is 5.32 Å². The molecule has 4 rings (SSSR count). The van der Waals surface area contributed by atoms with Crippen molar-refractivity contribution < 1.29 is 9.90 Å². The summed E-state index contributed by atoms with van der Waals surface area (Å²) in [6.07, 6.45) is 1.69. The Morgan fingerprint density at radius 2 is 1.58 bits per heavy atom. The van der Waals surface area contributed by atoms with Crippen molar-refractivity contribution in [3.63, 3.8) is 0 Å². The molecule has 2 N–H and O–H groups in total. The molecule has 0 spiro atoms. The molecular weight excluding hydrogens is 300 g/mol. The Morgan fingerprint density at radius 1 is 0.875 bits per heavy atom. The van der Waals surface area contributed by atoms with Crippen molar-refractivity contribution in [3.8, 4) is 5.75 Å². The molecule has 4 heteroatoms. The van der Waals surface area contributed by atoms with Crippen molar-refractivity contribution in [1.82, 2.24) is 4.98 Å². The first-order valence-electron chi connectivity index (χ1n) is 7.59. The van der Waals surface area contributed by atoms with Crippen LogP contribution >= 0.6 is 0 Å². The lowest BCUT2D eigenvalue weighted by atomic mass is 10.1. The molecular formula is C20H14N2O2. The maximum Gasteiger partial charge on any atom is 0.259 e. The van der Waals surface area contributed by atoms with Gasteiger partial charge in [-0.2, -0.15) is 0 Å². The molecule has 0 radical (unpaired) electrons. The monoisotopic (exact) mass is 314 g/mol. The number of aromatic hydroxyl groups is 1. The Bertz CT molecular complexity index is 1070. The maximum absolute atomic E-state index is 12.6. The number of phenols is 1. The van der Waals surface area contributed by atoms with Crippen molar-refractivity contribution in [3.05, 3.63) is 78.5 Å². The van der Waals surface area contributed by atoms with Crippen LogP contribution in [-0.2, 0) is 0 Å². The molecule has 0 saturated heterocycles. The largest absolute Gasteiger partial charge is 0.507 e. The fourth-order valence-electron chi connectivity index (χ4n) is 2.80. The third-order valence-corrected chi connectivity index (χ3v) is 3.99. The average Bonchev–Trinajstić information content (AvgIpc) is 2.61. The predicted molar refractivity (Wildman–Crippen MR) is 95.3 cm³/mol. The number of hydrogen-bond donors (Lipinski definition) is 2. The highest BCUT2D eigenvalue weighted by molar-refractivity contribution is 6.11. The number of amides is 1. The molecule has 0 aliphatic heterocycles. The van der Waals surface area contributed by atoms with Crippen molar-refractivity contribution in [2.24, 2.45) is 0 Å². The number of rotatable bonds is 2. The molecule has 4 nitrogen and oxygen atoms in total. The summed E-state index contributed by atoms with van der Waals surface area (Å²) in [4.78, 5) is 16.9. The van der Waals surface area contributed by atoms with Gasteiger partial charge in [0.2, 0.25) is 0 Å². The number of benzene rings is 3. The van der Waals surface area contributed by atoms with Gasteiger partial charge in [0.05, 0.1) is 16.8 Å². The second-order valence-electron chi connectivity index (χ2n) is 5.55. The molecule has 116 valence electrons. The van der Waals surface area contributed by atoms with Crippen LogP contribution in [0.3, 0.4) is 0 Å². The molecule has 1 heterocycles. The van der Waals surface area contributed by atoms with E-state index in [1.807, 2.05) is 48.5 Å². The number of aromatic nitrogens is 1. The number of anilines is 1. The van der Waals surface area contributed by atoms with E-state index in [1.54, 1.807) is 24.4 Å². The summed E-state index contributed by atoms with van der Waals surface area (Å²) in [5, 5.41) is 15.8. The maximum atomic E-state index is 12.6. The van der Waals surface area contributed by atoms with E-state index in [9.17, 15) is 9.90 Å². The van der Waals surface area contributed by atoms with Gasteiger partial charge in [0, 0.05) is 11.6 Å². The Hall–Kier alpha value is -3.40. The Balaban J connectivity index is 1.75. The van der Waals surface area contributed by atoms with E-state index in [0.717, 1.165) is 16.2 Å². The van der Waals surface area contributed by atoms with Gasteiger partial charge in [0.1, 0.15) is 5.75 Å². The van der Waals surface area contributed by atoms with Gasteiger partial charge < -0.3 is 10.4 Å². The van der Waals surface area contributed by atoms with Crippen LogP contribution in [0.15, 0.2) is 72.9 Å². The lowest BCUT2D eigenvalue weighted by Gasteiger charge is -2.10. The third kappa shape index (κ3) is 2.44. The molecule has 1 aromatic heterocycles. The van der Waals surface area contributed by atoms with E-state index < -0.39 is 0 Å². The smallest absolute Gasteiger partial charge is 0.259 e. The second-order valence-corrected chi connectivity index (χ2v) is 5.55. The number of fused-ring (bicyclic) bond motifs is 2. The van der Waals surface area contributed by atoms with E-state index in [1.165, 1.54) is 0 Å². The Kier molecular flexibility index (Phi) is 3.35. The highest BCUT2D eigenvalue weighted by Gasteiger charge is 2.14. The lowest BCUT2D eigenvalue weighted by molar-refractivity contribution is 0.102. The summed E-state index contributed by atoms with van der Waals surface area (Å²) < 4.78 is 0. The first-order chi connectivity index (χ1) is 11.7. The highest BCUT2D eigenvalue weighted by Crippen LogP contribution is 2.27. The lowest BCUT2D eigenvalue weighted by Crippen LogP contribution is -2.12. The van der Waals surface area contributed by atoms with Crippen molar-refractivity contribution in [2.75, 3.05) is 5.32 Å². The number of nitrogens with one attached hydrogen (secondary N) is 1. The number of phenolic OH excluding ortho intramolecular Hbond substituents is 1. The predicted octanol–water partition coefficient (Wildman–Crippen LogP) is 4.35. The second kappa shape index (κ2) is 5.66. The van der Waals surface area contributed by atoms with Crippen LogP contribution in [0.1, 0.15) is 10.4 Å². The molecule has 0 atom stereocenters. The Labute approximate surface area is 138 Å². The average molecular weight is 314 g/mol. The minimum Gasteiger partial charge on any atom is -0.507 e. The molecule has 0 bridgehead atoms. The molecule has 0 aliphatic carbocycles. The summed E-state index contributed by atoms with van der Waals surface area (Å²) in [5.41, 5.74) is 1.57. The molecule has 1 amide bonds. The number of para-hydroxylation sites is 1. The first kappa shape index (κ1) is 14.2. The van der Waals surface area contributed by atoms with E-state index >= 15 is 0 Å². The Morgan fingerprint density at radius 3 is 2.42 bits per heavy atom. The molecule has 0 aliphatic rings. The molecule has 0 fully saturated rings. The molecule has 0 unspecified atom stereocenters. The summed E-state index contributed by atoms with van der Waals surface area (Å²) in [5.74, 6) is -0.407. The zero-order chi connectivity index (χ0) is 16.5. The van der Waals surface area contributed by atoms with E-state index in [0.29, 0.717) is 11.2 Å². The van der Waals surface area contributed by atoms with Crippen molar-refractivity contribution in [1.29, 1.82) is 0 Å². The van der Waals surface area contributed by atoms with Crippen LogP contribution in [0.25, 0.3) is 21.7 Å². The molecule has 3 aromatic carbocycles. The van der Waals surface area contributed by atoms with Gasteiger partial charge >= 0.3 is 0 Å². The van der Waals surface area contributed by atoms with Crippen LogP contribution in [0.2, 0.25) is 0 Å². The summed E-state index contributed by atoms with van der Waals surface area (Å²) in [6, 6.07) is 20.3. The standard InChI is InChI=1S/C20H14N2O2/c23-18-12-15-6-2-1-5-14(15)11-16(18)20(24)22-17-9-3-7-13-8-4-10-21-19(13)17/h1-12,23H,(H,22,24). The van der Waals surface area contributed by atoms with E-state index in [2.05, 4.69) is 10.3 Å². The van der Waals surface area contributed by atoms with Crippen LogP contribution in [0, 0.1) is 0 Å². The van der Waals surface area contributed by atoms with Gasteiger partial charge in [-0.15, -0.1) is 0 Å². The number of carbonyl (C=O) groups excluding carboxylic acids is 1. The first-order valence-corrected chi connectivity index (χ1v) is 7.59. The summed E-state index contributed by atoms with van der Waals surface area (Å²) in [6.45, 7) is 0. The zero-order valence-electron chi connectivity index (χ0n) is 12.7. The fourth-order valence-corrected chi connectivity index (χ4v) is 2.80. The minimum absolute atomic E-state index is 0.0422. The van der Waals surface area contributed by atoms with Gasteiger partial charge in [-0.05, 0) is 35.0 Å². The van der Waals surface area contributed by atoms with Crippen molar-refractivity contribution >= 4 is 33.3 Å². The summed E-state index contributed by atoms with van der Waals surface area (Å²) in [7, 11) is 0. The fraction of sp³-hybridized carbons (Fsp3) is 0. The topological polar surface area (TPSA) is 62.2 Å². The highest BCUT2D eigenvalue weighted by atomic mass is 16.3. The minimum atomic E-state index is -0.364. The van der Waals surface area contributed by atoms with Crippen molar-refractivity contribution in [2.45, 2.75) is 0 Å². The number of nitrogens with zero attached hydrogens (tertiary/aromatic N) is 1. The SMILES string of the molecule is O=C(Nc1cccc2cccnc12)c1cc2ccccc2cc1O. The molecule has 24 heavy (non-hydrogen) atoms. The summed E-state index contributed by atoms with van der Waals surface area (Å²) >= 11 is 0. The van der Waals surface area contributed by atoms with Crippen LogP contribution in [0.4, 0.5) is 5.69 Å². The molecule has 0 saturated carbocycles. The van der Waals surface area contributed by atoms with Gasteiger partial charge in [-0.1, -0.05) is 42.5 Å². The third-order valence-electron chi connectivity index (χ3n) is 3.99. The van der Waals surface area contributed by atoms with E-state index in [-0.39, 0.29) is 17.2 Å². The van der Waals surface area contributed by atoms with Gasteiger partial charge in [0.15, 0.2) is 0 Å². The van der Waals surface area contributed by atoms with Gasteiger partial charge in [0.25, 0.3) is 5.91 Å².